The first-order valence-electron chi connectivity index (χ1n) is 6.91. The van der Waals surface area contributed by atoms with Gasteiger partial charge in [-0.05, 0) is 41.2 Å². The first-order valence-corrected chi connectivity index (χ1v) is 6.91. The quantitative estimate of drug-likeness (QED) is 0.632. The number of rotatable bonds is 4. The second-order valence-corrected chi connectivity index (χ2v) is 7.02. The van der Waals surface area contributed by atoms with Crippen molar-refractivity contribution in [2.24, 2.45) is 11.3 Å². The van der Waals surface area contributed by atoms with Crippen molar-refractivity contribution in [3.8, 4) is 0 Å². The molecule has 0 radical (unpaired) electrons. The van der Waals surface area contributed by atoms with Crippen LogP contribution in [0.2, 0.25) is 0 Å². The van der Waals surface area contributed by atoms with E-state index in [1.165, 1.54) is 24.0 Å². The van der Waals surface area contributed by atoms with E-state index in [4.69, 9.17) is 5.84 Å². The maximum atomic E-state index is 5.70. The van der Waals surface area contributed by atoms with E-state index >= 15 is 0 Å². The van der Waals surface area contributed by atoms with Crippen molar-refractivity contribution in [1.82, 2.24) is 5.43 Å². The van der Waals surface area contributed by atoms with Gasteiger partial charge < -0.3 is 0 Å². The number of hydrazine groups is 1. The number of hydrogen-bond acceptors (Lipinski definition) is 2. The van der Waals surface area contributed by atoms with Crippen LogP contribution in [0.1, 0.15) is 51.7 Å². The Morgan fingerprint density at radius 1 is 1.22 bits per heavy atom. The summed E-state index contributed by atoms with van der Waals surface area (Å²) in [4.78, 5) is 0. The van der Waals surface area contributed by atoms with Gasteiger partial charge in [-0.2, -0.15) is 0 Å². The van der Waals surface area contributed by atoms with Crippen molar-refractivity contribution < 1.29 is 0 Å². The molecule has 1 aliphatic carbocycles. The molecule has 1 aromatic rings. The molecule has 1 aromatic carbocycles. The highest BCUT2D eigenvalue weighted by Crippen LogP contribution is 2.48. The van der Waals surface area contributed by atoms with Gasteiger partial charge in [0.15, 0.2) is 0 Å². The van der Waals surface area contributed by atoms with Gasteiger partial charge in [-0.1, -0.05) is 52.0 Å². The van der Waals surface area contributed by atoms with E-state index in [9.17, 15) is 0 Å². The van der Waals surface area contributed by atoms with Gasteiger partial charge in [-0.25, -0.2) is 0 Å². The van der Waals surface area contributed by atoms with Gasteiger partial charge in [-0.15, -0.1) is 0 Å². The van der Waals surface area contributed by atoms with Crippen molar-refractivity contribution in [3.05, 3.63) is 35.4 Å². The molecule has 2 rings (SSSR count). The molecule has 2 nitrogen and oxygen atoms in total. The van der Waals surface area contributed by atoms with Gasteiger partial charge in [0.05, 0.1) is 0 Å². The van der Waals surface area contributed by atoms with Crippen molar-refractivity contribution in [2.45, 2.75) is 58.4 Å². The SMILES string of the molecule is CC(C)(C)c1ccc(CC(NN)C2(C)CC2)cc1. The highest BCUT2D eigenvalue weighted by atomic mass is 15.2. The standard InChI is InChI=1S/C16H26N2/c1-15(2,3)13-7-5-12(6-8-13)11-14(18-17)16(4)9-10-16/h5-8,14,18H,9-11,17H2,1-4H3. The third-order valence-electron chi connectivity index (χ3n) is 4.34. The lowest BCUT2D eigenvalue weighted by molar-refractivity contribution is 0.359. The van der Waals surface area contributed by atoms with Gasteiger partial charge in [0, 0.05) is 6.04 Å². The number of hydrogen-bond donors (Lipinski definition) is 2. The molecule has 0 amide bonds. The topological polar surface area (TPSA) is 38.0 Å². The Morgan fingerprint density at radius 2 is 1.78 bits per heavy atom. The predicted molar refractivity (Wildman–Crippen MR) is 77.3 cm³/mol. The van der Waals surface area contributed by atoms with Crippen LogP contribution in [0.15, 0.2) is 24.3 Å². The monoisotopic (exact) mass is 246 g/mol. The number of benzene rings is 1. The van der Waals surface area contributed by atoms with Crippen LogP contribution in [0.5, 0.6) is 0 Å². The molecule has 18 heavy (non-hydrogen) atoms. The molecule has 1 atom stereocenters. The Balaban J connectivity index is 2.06. The molecule has 100 valence electrons. The summed E-state index contributed by atoms with van der Waals surface area (Å²) in [7, 11) is 0. The minimum absolute atomic E-state index is 0.229. The molecular weight excluding hydrogens is 220 g/mol. The van der Waals surface area contributed by atoms with Gasteiger partial charge in [0.25, 0.3) is 0 Å². The second-order valence-electron chi connectivity index (χ2n) is 7.02. The van der Waals surface area contributed by atoms with Crippen LogP contribution in [0.25, 0.3) is 0 Å². The third kappa shape index (κ3) is 2.93. The maximum Gasteiger partial charge on any atom is 0.0304 e. The van der Waals surface area contributed by atoms with Crippen LogP contribution < -0.4 is 11.3 Å². The lowest BCUT2D eigenvalue weighted by atomic mass is 9.85. The van der Waals surface area contributed by atoms with E-state index < -0.39 is 0 Å². The normalized spacial score (nSPS) is 19.6. The molecule has 0 bridgehead atoms. The summed E-state index contributed by atoms with van der Waals surface area (Å²) in [5.41, 5.74) is 6.40. The summed E-state index contributed by atoms with van der Waals surface area (Å²) in [6.45, 7) is 9.06. The minimum Gasteiger partial charge on any atom is -0.271 e. The van der Waals surface area contributed by atoms with Crippen LogP contribution in [0.4, 0.5) is 0 Å². The molecule has 1 unspecified atom stereocenters. The van der Waals surface area contributed by atoms with E-state index in [1.807, 2.05) is 0 Å². The molecule has 0 aromatic heterocycles. The average Bonchev–Trinajstić information content (AvgIpc) is 3.04. The van der Waals surface area contributed by atoms with Crippen LogP contribution in [0, 0.1) is 5.41 Å². The Morgan fingerprint density at radius 3 is 2.17 bits per heavy atom. The highest BCUT2D eigenvalue weighted by Gasteiger charge is 2.44. The van der Waals surface area contributed by atoms with E-state index in [0.29, 0.717) is 11.5 Å². The zero-order valence-corrected chi connectivity index (χ0v) is 12.1. The largest absolute Gasteiger partial charge is 0.271 e. The molecule has 0 saturated heterocycles. The molecule has 2 heteroatoms. The summed E-state index contributed by atoms with van der Waals surface area (Å²) in [5.74, 6) is 5.70. The van der Waals surface area contributed by atoms with Crippen LogP contribution in [-0.4, -0.2) is 6.04 Å². The highest BCUT2D eigenvalue weighted by molar-refractivity contribution is 5.28. The zero-order chi connectivity index (χ0) is 13.4. The van der Waals surface area contributed by atoms with Crippen molar-refractivity contribution in [2.75, 3.05) is 0 Å². The first-order chi connectivity index (χ1) is 8.35. The number of nitrogens with one attached hydrogen (secondary N) is 1. The van der Waals surface area contributed by atoms with E-state index in [-0.39, 0.29) is 5.41 Å². The van der Waals surface area contributed by atoms with Gasteiger partial charge in [0.1, 0.15) is 0 Å². The first kappa shape index (κ1) is 13.6. The van der Waals surface area contributed by atoms with E-state index in [2.05, 4.69) is 57.4 Å². The third-order valence-corrected chi connectivity index (χ3v) is 4.34. The van der Waals surface area contributed by atoms with Crippen LogP contribution >= 0.6 is 0 Å². The maximum absolute atomic E-state index is 5.70. The van der Waals surface area contributed by atoms with Crippen molar-refractivity contribution in [3.63, 3.8) is 0 Å². The fourth-order valence-electron chi connectivity index (χ4n) is 2.43. The second kappa shape index (κ2) is 4.67. The molecule has 0 aliphatic heterocycles. The summed E-state index contributed by atoms with van der Waals surface area (Å²) in [6, 6.07) is 9.39. The minimum atomic E-state index is 0.229. The predicted octanol–water partition coefficient (Wildman–Crippen LogP) is 3.16. The fraction of sp³-hybridized carbons (Fsp3) is 0.625. The Labute approximate surface area is 111 Å². The van der Waals surface area contributed by atoms with Crippen molar-refractivity contribution >= 4 is 0 Å². The molecule has 0 heterocycles. The summed E-state index contributed by atoms with van der Waals surface area (Å²) in [5, 5.41) is 0. The molecule has 3 N–H and O–H groups in total. The Hall–Kier alpha value is -0.860. The van der Waals surface area contributed by atoms with Crippen molar-refractivity contribution in [1.29, 1.82) is 0 Å². The summed E-state index contributed by atoms with van der Waals surface area (Å²) >= 11 is 0. The molecule has 1 saturated carbocycles. The molecular formula is C16H26N2. The fourth-order valence-corrected chi connectivity index (χ4v) is 2.43. The number of nitrogens with two attached hydrogens (primary N) is 1. The van der Waals surface area contributed by atoms with E-state index in [0.717, 1.165) is 6.42 Å². The van der Waals surface area contributed by atoms with Gasteiger partial charge >= 0.3 is 0 Å². The van der Waals surface area contributed by atoms with E-state index in [1.54, 1.807) is 0 Å². The lowest BCUT2D eigenvalue weighted by Gasteiger charge is -2.23. The molecule has 1 aliphatic rings. The average molecular weight is 246 g/mol. The Kier molecular flexibility index (Phi) is 3.52. The molecule has 1 fully saturated rings. The van der Waals surface area contributed by atoms with Gasteiger partial charge in [-0.3, -0.25) is 11.3 Å². The van der Waals surface area contributed by atoms with Gasteiger partial charge in [0.2, 0.25) is 0 Å². The zero-order valence-electron chi connectivity index (χ0n) is 12.1. The van der Waals surface area contributed by atoms with Crippen LogP contribution in [-0.2, 0) is 11.8 Å². The lowest BCUT2D eigenvalue weighted by Crippen LogP contribution is -2.42. The summed E-state index contributed by atoms with van der Waals surface area (Å²) < 4.78 is 0. The summed E-state index contributed by atoms with van der Waals surface area (Å²) in [6.07, 6.45) is 3.61. The van der Waals surface area contributed by atoms with Crippen LogP contribution in [0.3, 0.4) is 0 Å². The Bertz CT molecular complexity index is 396. The molecule has 0 spiro atoms. The smallest absolute Gasteiger partial charge is 0.0304 e.